The molecule has 0 aliphatic carbocycles. The van der Waals surface area contributed by atoms with E-state index < -0.39 is 35.7 Å². The summed E-state index contributed by atoms with van der Waals surface area (Å²) in [4.78, 5) is 71.0. The van der Waals surface area contributed by atoms with Gasteiger partial charge in [0.2, 0.25) is 23.4 Å². The monoisotopic (exact) mass is 494 g/mol. The Balaban J connectivity index is 1.86. The Kier molecular flexibility index (Phi) is 9.79. The number of ketones is 2. The van der Waals surface area contributed by atoms with E-state index in [0.717, 1.165) is 12.2 Å². The standard InChI is InChI=1S/C26H26N2O8/c1-15(25(33)19-5-9-21(10-6-19)27-17(3)29)35-23(31)13-14-24(32)36-16(2)26(34)20-7-11-22(12-8-20)28-18(4)30/h5-16H,1-4H3,(H,27,29)(H,28,30)/b14-13-/t15-,16+. The topological polar surface area (TPSA) is 145 Å². The minimum Gasteiger partial charge on any atom is -0.451 e. The highest BCUT2D eigenvalue weighted by molar-refractivity contribution is 6.03. The van der Waals surface area contributed by atoms with Crippen molar-refractivity contribution in [2.45, 2.75) is 39.9 Å². The van der Waals surface area contributed by atoms with Crippen LogP contribution in [0.3, 0.4) is 0 Å². The first-order valence-electron chi connectivity index (χ1n) is 10.9. The van der Waals surface area contributed by atoms with Crippen molar-refractivity contribution < 1.29 is 38.2 Å². The summed E-state index contributed by atoms with van der Waals surface area (Å²) >= 11 is 0. The number of carbonyl (C=O) groups excluding carboxylic acids is 6. The van der Waals surface area contributed by atoms with E-state index in [1.807, 2.05) is 0 Å². The minimum absolute atomic E-state index is 0.252. The summed E-state index contributed by atoms with van der Waals surface area (Å²) < 4.78 is 10.0. The molecule has 36 heavy (non-hydrogen) atoms. The Morgan fingerprint density at radius 1 is 0.611 bits per heavy atom. The van der Waals surface area contributed by atoms with E-state index in [0.29, 0.717) is 11.4 Å². The molecule has 2 atom stereocenters. The van der Waals surface area contributed by atoms with Gasteiger partial charge < -0.3 is 20.1 Å². The molecule has 0 aromatic heterocycles. The summed E-state index contributed by atoms with van der Waals surface area (Å²) in [5.74, 6) is -3.35. The molecule has 10 nitrogen and oxygen atoms in total. The molecular formula is C26H26N2O8. The Hall–Kier alpha value is -4.60. The second kappa shape index (κ2) is 12.7. The molecule has 0 unspecified atom stereocenters. The van der Waals surface area contributed by atoms with E-state index in [1.54, 1.807) is 24.3 Å². The molecule has 0 radical (unpaired) electrons. The van der Waals surface area contributed by atoms with E-state index in [4.69, 9.17) is 9.47 Å². The molecule has 0 aliphatic heterocycles. The van der Waals surface area contributed by atoms with E-state index in [9.17, 15) is 28.8 Å². The number of nitrogens with one attached hydrogen (secondary N) is 2. The second-order valence-corrected chi connectivity index (χ2v) is 7.74. The first kappa shape index (κ1) is 27.6. The molecule has 0 saturated heterocycles. The number of Topliss-reactive ketones (excluding diaryl/α,β-unsaturated/α-hetero) is 2. The maximum absolute atomic E-state index is 12.4. The predicted molar refractivity (Wildman–Crippen MR) is 130 cm³/mol. The second-order valence-electron chi connectivity index (χ2n) is 7.74. The van der Waals surface area contributed by atoms with Gasteiger partial charge in [-0.15, -0.1) is 0 Å². The van der Waals surface area contributed by atoms with Gasteiger partial charge in [0.05, 0.1) is 0 Å². The lowest BCUT2D eigenvalue weighted by Crippen LogP contribution is -2.24. The van der Waals surface area contributed by atoms with Crippen LogP contribution < -0.4 is 10.6 Å². The Labute approximate surface area is 207 Å². The van der Waals surface area contributed by atoms with Gasteiger partial charge in [0.1, 0.15) is 0 Å². The average molecular weight is 495 g/mol. The fourth-order valence-corrected chi connectivity index (χ4v) is 2.98. The van der Waals surface area contributed by atoms with Crippen LogP contribution in [0.1, 0.15) is 48.4 Å². The highest BCUT2D eigenvalue weighted by atomic mass is 16.6. The van der Waals surface area contributed by atoms with Crippen LogP contribution in [-0.2, 0) is 28.7 Å². The van der Waals surface area contributed by atoms with Crippen LogP contribution in [-0.4, -0.2) is 47.5 Å². The molecule has 0 aliphatic rings. The number of rotatable bonds is 10. The van der Waals surface area contributed by atoms with Crippen molar-refractivity contribution in [3.63, 3.8) is 0 Å². The van der Waals surface area contributed by atoms with Crippen LogP contribution in [0, 0.1) is 0 Å². The minimum atomic E-state index is -1.13. The van der Waals surface area contributed by atoms with E-state index >= 15 is 0 Å². The van der Waals surface area contributed by atoms with Gasteiger partial charge in [-0.3, -0.25) is 19.2 Å². The van der Waals surface area contributed by atoms with Gasteiger partial charge in [0.25, 0.3) is 0 Å². The number of carbonyl (C=O) groups is 6. The first-order valence-corrected chi connectivity index (χ1v) is 10.9. The van der Waals surface area contributed by atoms with Gasteiger partial charge in [0.15, 0.2) is 12.2 Å². The average Bonchev–Trinajstić information content (AvgIpc) is 2.82. The zero-order chi connectivity index (χ0) is 26.8. The molecule has 0 heterocycles. The van der Waals surface area contributed by atoms with Gasteiger partial charge in [-0.2, -0.15) is 0 Å². The third kappa shape index (κ3) is 8.64. The predicted octanol–water partition coefficient (Wildman–Crippen LogP) is 3.09. The smallest absolute Gasteiger partial charge is 0.331 e. The van der Waals surface area contributed by atoms with E-state index in [1.165, 1.54) is 52.0 Å². The number of esters is 2. The molecule has 188 valence electrons. The molecule has 0 spiro atoms. The maximum Gasteiger partial charge on any atom is 0.331 e. The molecular weight excluding hydrogens is 468 g/mol. The molecule has 10 heteroatoms. The van der Waals surface area contributed by atoms with Gasteiger partial charge in [0, 0.05) is 48.5 Å². The summed E-state index contributed by atoms with van der Waals surface area (Å²) in [6.07, 6.45) is -0.673. The maximum atomic E-state index is 12.4. The van der Waals surface area contributed by atoms with Crippen LogP contribution in [0.5, 0.6) is 0 Å². The SMILES string of the molecule is CC(=O)Nc1ccc(C(=O)[C@H](C)OC(=O)/C=C\C(=O)O[C@H](C)C(=O)c2ccc(NC(C)=O)cc2)cc1. The Bertz CT molecular complexity index is 1090. The van der Waals surface area contributed by atoms with Crippen LogP contribution in [0.2, 0.25) is 0 Å². The molecule has 2 amide bonds. The van der Waals surface area contributed by atoms with Crippen molar-refractivity contribution in [1.29, 1.82) is 0 Å². The molecule has 0 bridgehead atoms. The molecule has 2 N–H and O–H groups in total. The van der Waals surface area contributed by atoms with Crippen LogP contribution >= 0.6 is 0 Å². The van der Waals surface area contributed by atoms with E-state index in [2.05, 4.69) is 10.6 Å². The lowest BCUT2D eigenvalue weighted by molar-refractivity contribution is -0.143. The van der Waals surface area contributed by atoms with Crippen molar-refractivity contribution in [3.8, 4) is 0 Å². The molecule has 2 aromatic carbocycles. The molecule has 0 saturated carbocycles. The fraction of sp³-hybridized carbons (Fsp3) is 0.231. The van der Waals surface area contributed by atoms with Gasteiger partial charge >= 0.3 is 11.9 Å². The normalized spacial score (nSPS) is 12.2. The summed E-state index contributed by atoms with van der Waals surface area (Å²) in [7, 11) is 0. The zero-order valence-electron chi connectivity index (χ0n) is 20.2. The number of anilines is 2. The molecule has 2 aromatic rings. The summed E-state index contributed by atoms with van der Waals surface area (Å²) in [6, 6.07) is 12.1. The van der Waals surface area contributed by atoms with Crippen molar-refractivity contribution in [2.24, 2.45) is 0 Å². The number of benzene rings is 2. The third-order valence-electron chi connectivity index (χ3n) is 4.66. The van der Waals surface area contributed by atoms with Crippen molar-refractivity contribution in [3.05, 3.63) is 71.8 Å². The summed E-state index contributed by atoms with van der Waals surface area (Å²) in [5.41, 5.74) is 1.56. The number of amides is 2. The number of hydrogen-bond acceptors (Lipinski definition) is 8. The lowest BCUT2D eigenvalue weighted by Gasteiger charge is -2.12. The largest absolute Gasteiger partial charge is 0.451 e. The quantitative estimate of drug-likeness (QED) is 0.291. The van der Waals surface area contributed by atoms with Gasteiger partial charge in [-0.05, 0) is 62.4 Å². The van der Waals surface area contributed by atoms with Crippen LogP contribution in [0.4, 0.5) is 11.4 Å². The fourth-order valence-electron chi connectivity index (χ4n) is 2.98. The first-order chi connectivity index (χ1) is 17.0. The Morgan fingerprint density at radius 3 is 1.19 bits per heavy atom. The van der Waals surface area contributed by atoms with Gasteiger partial charge in [-0.1, -0.05) is 0 Å². The summed E-state index contributed by atoms with van der Waals surface area (Å²) in [5, 5.41) is 5.15. The Morgan fingerprint density at radius 2 is 0.917 bits per heavy atom. The number of hydrogen-bond donors (Lipinski definition) is 2. The van der Waals surface area contributed by atoms with Gasteiger partial charge in [-0.25, -0.2) is 9.59 Å². The van der Waals surface area contributed by atoms with E-state index in [-0.39, 0.29) is 22.9 Å². The number of ether oxygens (including phenoxy) is 2. The molecule has 0 fully saturated rings. The van der Waals surface area contributed by atoms with Crippen LogP contribution in [0.25, 0.3) is 0 Å². The zero-order valence-corrected chi connectivity index (χ0v) is 20.2. The van der Waals surface area contributed by atoms with Crippen molar-refractivity contribution >= 4 is 46.7 Å². The van der Waals surface area contributed by atoms with Crippen molar-refractivity contribution in [1.82, 2.24) is 0 Å². The van der Waals surface area contributed by atoms with Crippen LogP contribution in [0.15, 0.2) is 60.7 Å². The highest BCUT2D eigenvalue weighted by Crippen LogP contribution is 2.14. The molecule has 2 rings (SSSR count). The summed E-state index contributed by atoms with van der Waals surface area (Å²) in [6.45, 7) is 5.48. The third-order valence-corrected chi connectivity index (χ3v) is 4.66. The van der Waals surface area contributed by atoms with Crippen molar-refractivity contribution in [2.75, 3.05) is 10.6 Å². The lowest BCUT2D eigenvalue weighted by atomic mass is 10.1. The highest BCUT2D eigenvalue weighted by Gasteiger charge is 2.20.